The number of benzene rings is 2. The minimum Gasteiger partial charge on any atom is -0.332 e. The van der Waals surface area contributed by atoms with Gasteiger partial charge in [-0.05, 0) is 54.6 Å². The first kappa shape index (κ1) is 18.6. The van der Waals surface area contributed by atoms with Gasteiger partial charge in [-0.3, -0.25) is 4.79 Å². The van der Waals surface area contributed by atoms with Gasteiger partial charge in [-0.1, -0.05) is 0 Å². The summed E-state index contributed by atoms with van der Waals surface area (Å²) in [5.41, 5.74) is 1.93. The predicted octanol–water partition coefficient (Wildman–Crippen LogP) is 5.35. The van der Waals surface area contributed by atoms with Crippen LogP contribution in [0.5, 0.6) is 0 Å². The van der Waals surface area contributed by atoms with E-state index in [-0.39, 0.29) is 17.5 Å². The lowest BCUT2D eigenvalue weighted by atomic mass is 10.2. The monoisotopic (exact) mass is 415 g/mol. The number of nitrogens with zero attached hydrogens (tertiary/aromatic N) is 2. The summed E-state index contributed by atoms with van der Waals surface area (Å²) in [7, 11) is 0. The van der Waals surface area contributed by atoms with Crippen molar-refractivity contribution >= 4 is 45.9 Å². The van der Waals surface area contributed by atoms with E-state index in [0.717, 1.165) is 22.2 Å². The van der Waals surface area contributed by atoms with Crippen LogP contribution in [0.15, 0.2) is 58.9 Å². The number of anilines is 2. The molecule has 0 bridgehead atoms. The van der Waals surface area contributed by atoms with Crippen molar-refractivity contribution in [3.8, 4) is 0 Å². The molecule has 0 spiro atoms. The molecule has 1 fully saturated rings. The van der Waals surface area contributed by atoms with Crippen LogP contribution >= 0.6 is 23.1 Å². The first-order valence-corrected chi connectivity index (χ1v) is 10.3. The number of nitrogens with one attached hydrogen (secondary N) is 1. The van der Waals surface area contributed by atoms with Crippen molar-refractivity contribution in [3.05, 3.63) is 81.8 Å². The zero-order chi connectivity index (χ0) is 19.5. The second kappa shape index (κ2) is 8.12. The molecule has 0 atom stereocenters. The highest BCUT2D eigenvalue weighted by Crippen LogP contribution is 2.32. The third-order valence-electron chi connectivity index (χ3n) is 4.06. The topological polar surface area (TPSA) is 45.2 Å². The highest BCUT2D eigenvalue weighted by atomic mass is 32.2. The van der Waals surface area contributed by atoms with Gasteiger partial charge in [-0.25, -0.2) is 13.8 Å². The van der Waals surface area contributed by atoms with Gasteiger partial charge in [0.1, 0.15) is 11.6 Å². The van der Waals surface area contributed by atoms with Crippen molar-refractivity contribution in [3.63, 3.8) is 0 Å². The van der Waals surface area contributed by atoms with E-state index in [1.807, 2.05) is 11.5 Å². The lowest BCUT2D eigenvalue weighted by Gasteiger charge is -2.16. The Labute approximate surface area is 168 Å². The molecule has 4 rings (SSSR count). The molecule has 3 aromatic rings. The summed E-state index contributed by atoms with van der Waals surface area (Å²) in [4.78, 5) is 18.9. The van der Waals surface area contributed by atoms with Gasteiger partial charge in [0.2, 0.25) is 0 Å². The SMILES string of the molecule is O=C(c1ccc(F)cc1)N1CCS/C1=C/c1csc(Nc2ccc(F)cc2)n1. The Morgan fingerprint density at radius 1 is 1.07 bits per heavy atom. The molecule has 142 valence electrons. The summed E-state index contributed by atoms with van der Waals surface area (Å²) in [6.45, 7) is 0.595. The third-order valence-corrected chi connectivity index (χ3v) is 5.85. The van der Waals surface area contributed by atoms with Crippen molar-refractivity contribution in [2.45, 2.75) is 0 Å². The molecule has 1 aromatic heterocycles. The molecular weight excluding hydrogens is 400 g/mol. The maximum Gasteiger partial charge on any atom is 0.258 e. The Morgan fingerprint density at radius 2 is 1.75 bits per heavy atom. The minimum absolute atomic E-state index is 0.156. The number of thioether (sulfide) groups is 1. The smallest absolute Gasteiger partial charge is 0.258 e. The van der Waals surface area contributed by atoms with E-state index < -0.39 is 0 Å². The number of carbonyl (C=O) groups is 1. The van der Waals surface area contributed by atoms with Crippen molar-refractivity contribution in [1.29, 1.82) is 0 Å². The van der Waals surface area contributed by atoms with Crippen molar-refractivity contribution < 1.29 is 13.6 Å². The van der Waals surface area contributed by atoms with E-state index in [9.17, 15) is 13.6 Å². The molecule has 1 aliphatic heterocycles. The maximum absolute atomic E-state index is 13.1. The first-order valence-electron chi connectivity index (χ1n) is 8.48. The molecule has 2 aromatic carbocycles. The van der Waals surface area contributed by atoms with Crippen LogP contribution in [0.25, 0.3) is 6.08 Å². The van der Waals surface area contributed by atoms with Crippen molar-refractivity contribution in [2.75, 3.05) is 17.6 Å². The average Bonchev–Trinajstić information content (AvgIpc) is 3.33. The number of carbonyl (C=O) groups excluding carboxylic acids is 1. The molecular formula is C20H15F2N3OS2. The summed E-state index contributed by atoms with van der Waals surface area (Å²) in [5, 5.41) is 6.51. The number of amides is 1. The molecule has 0 unspecified atom stereocenters. The summed E-state index contributed by atoms with van der Waals surface area (Å²) in [6, 6.07) is 11.6. The largest absolute Gasteiger partial charge is 0.332 e. The summed E-state index contributed by atoms with van der Waals surface area (Å²) < 4.78 is 26.1. The quantitative estimate of drug-likeness (QED) is 0.624. The van der Waals surface area contributed by atoms with Crippen molar-refractivity contribution in [2.24, 2.45) is 0 Å². The Bertz CT molecular complexity index is 1020. The Hall–Kier alpha value is -2.71. The van der Waals surface area contributed by atoms with Crippen LogP contribution in [-0.2, 0) is 0 Å². The molecule has 28 heavy (non-hydrogen) atoms. The zero-order valence-corrected chi connectivity index (χ0v) is 16.2. The van der Waals surface area contributed by atoms with E-state index in [1.54, 1.807) is 28.8 Å². The number of aromatic nitrogens is 1. The number of thiazole rings is 1. The number of halogens is 2. The molecule has 1 saturated heterocycles. The summed E-state index contributed by atoms with van der Waals surface area (Å²) in [5.74, 6) is -0.0222. The van der Waals surface area contributed by atoms with Gasteiger partial charge in [0.15, 0.2) is 5.13 Å². The molecule has 4 nitrogen and oxygen atoms in total. The van der Waals surface area contributed by atoms with Gasteiger partial charge in [-0.2, -0.15) is 0 Å². The van der Waals surface area contributed by atoms with Crippen LogP contribution < -0.4 is 5.32 Å². The highest BCUT2D eigenvalue weighted by molar-refractivity contribution is 8.03. The van der Waals surface area contributed by atoms with Crippen LogP contribution in [-0.4, -0.2) is 28.1 Å². The average molecular weight is 415 g/mol. The molecule has 1 aliphatic rings. The van der Waals surface area contributed by atoms with Gasteiger partial charge in [0.05, 0.1) is 10.7 Å². The van der Waals surface area contributed by atoms with Gasteiger partial charge in [0.25, 0.3) is 5.91 Å². The highest BCUT2D eigenvalue weighted by Gasteiger charge is 2.25. The fourth-order valence-electron chi connectivity index (χ4n) is 2.69. The minimum atomic E-state index is -0.369. The third kappa shape index (κ3) is 4.23. The standard InChI is InChI=1S/C20H15F2N3OS2/c21-14-3-1-13(2-4-14)19(26)25-9-10-27-18(25)11-17-12-28-20(24-17)23-16-7-5-15(22)6-8-16/h1-8,11-12H,9-10H2,(H,23,24)/b18-11+. The van der Waals surface area contributed by atoms with E-state index >= 15 is 0 Å². The van der Waals surface area contributed by atoms with Gasteiger partial charge < -0.3 is 10.2 Å². The van der Waals surface area contributed by atoms with E-state index in [4.69, 9.17) is 0 Å². The summed E-state index contributed by atoms with van der Waals surface area (Å²) >= 11 is 3.01. The maximum atomic E-state index is 13.1. The zero-order valence-electron chi connectivity index (χ0n) is 14.6. The lowest BCUT2D eigenvalue weighted by molar-refractivity contribution is 0.0831. The predicted molar refractivity (Wildman–Crippen MR) is 110 cm³/mol. The lowest BCUT2D eigenvalue weighted by Crippen LogP contribution is -2.26. The molecule has 0 saturated carbocycles. The second-order valence-electron chi connectivity index (χ2n) is 6.00. The second-order valence-corrected chi connectivity index (χ2v) is 7.98. The van der Waals surface area contributed by atoms with E-state index in [0.29, 0.717) is 17.2 Å². The fraction of sp³-hybridized carbons (Fsp3) is 0.100. The van der Waals surface area contributed by atoms with Gasteiger partial charge >= 0.3 is 0 Å². The van der Waals surface area contributed by atoms with Crippen LogP contribution in [0.4, 0.5) is 19.6 Å². The number of rotatable bonds is 4. The fourth-order valence-corrected chi connectivity index (χ4v) is 4.40. The molecule has 1 N–H and O–H groups in total. The number of hydrogen-bond donors (Lipinski definition) is 1. The number of hydrogen-bond acceptors (Lipinski definition) is 5. The summed E-state index contributed by atoms with van der Waals surface area (Å²) in [6.07, 6.45) is 1.87. The van der Waals surface area contributed by atoms with Gasteiger partial charge in [0, 0.05) is 28.9 Å². The molecule has 8 heteroatoms. The van der Waals surface area contributed by atoms with Crippen LogP contribution in [0.2, 0.25) is 0 Å². The molecule has 1 amide bonds. The normalized spacial score (nSPS) is 15.2. The molecule has 2 heterocycles. The Morgan fingerprint density at radius 3 is 2.46 bits per heavy atom. The molecule has 0 radical (unpaired) electrons. The van der Waals surface area contributed by atoms with Gasteiger partial charge in [-0.15, -0.1) is 23.1 Å². The van der Waals surface area contributed by atoms with Crippen LogP contribution in [0.3, 0.4) is 0 Å². The van der Waals surface area contributed by atoms with Crippen molar-refractivity contribution in [1.82, 2.24) is 9.88 Å². The Kier molecular flexibility index (Phi) is 5.40. The van der Waals surface area contributed by atoms with Crippen LogP contribution in [0, 0.1) is 11.6 Å². The Balaban J connectivity index is 1.50. The first-order chi connectivity index (χ1) is 13.6. The van der Waals surface area contributed by atoms with E-state index in [2.05, 4.69) is 10.3 Å². The van der Waals surface area contributed by atoms with E-state index in [1.165, 1.54) is 47.7 Å². The van der Waals surface area contributed by atoms with Crippen LogP contribution in [0.1, 0.15) is 16.1 Å². The molecule has 0 aliphatic carbocycles.